The van der Waals surface area contributed by atoms with E-state index in [0.717, 1.165) is 24.8 Å². The molecule has 0 aromatic carbocycles. The fourth-order valence-electron chi connectivity index (χ4n) is 2.36. The van der Waals surface area contributed by atoms with Crippen LogP contribution in [0.25, 0.3) is 0 Å². The maximum absolute atomic E-state index is 9.39. The lowest BCUT2D eigenvalue weighted by Crippen LogP contribution is -2.37. The molecule has 1 rings (SSSR count). The molecule has 2 atom stereocenters. The Kier molecular flexibility index (Phi) is 4.60. The number of likely N-dealkylation sites (tertiary alicyclic amines) is 1. The molecule has 2 unspecified atom stereocenters. The molecule has 0 aliphatic carbocycles. The minimum Gasteiger partial charge on any atom is -0.396 e. The lowest BCUT2D eigenvalue weighted by molar-refractivity contribution is 0.0924. The first-order valence-electron chi connectivity index (χ1n) is 6.34. The van der Waals surface area contributed by atoms with E-state index in [9.17, 15) is 5.11 Å². The molecule has 0 aromatic rings. The molecular formula is C13H27NO. The second kappa shape index (κ2) is 5.31. The van der Waals surface area contributed by atoms with Crippen molar-refractivity contribution in [3.63, 3.8) is 0 Å². The van der Waals surface area contributed by atoms with E-state index >= 15 is 0 Å². The zero-order valence-electron chi connectivity index (χ0n) is 10.8. The van der Waals surface area contributed by atoms with E-state index in [2.05, 4.69) is 32.6 Å². The van der Waals surface area contributed by atoms with E-state index in [1.54, 1.807) is 0 Å². The molecule has 1 saturated heterocycles. The van der Waals surface area contributed by atoms with Crippen LogP contribution in [0.2, 0.25) is 0 Å². The van der Waals surface area contributed by atoms with Crippen LogP contribution in [0.4, 0.5) is 0 Å². The maximum atomic E-state index is 9.39. The highest BCUT2D eigenvalue weighted by atomic mass is 16.3. The Balaban J connectivity index is 2.41. The van der Waals surface area contributed by atoms with E-state index in [4.69, 9.17) is 0 Å². The van der Waals surface area contributed by atoms with Gasteiger partial charge in [0.1, 0.15) is 0 Å². The quantitative estimate of drug-likeness (QED) is 0.758. The smallest absolute Gasteiger partial charge is 0.0496 e. The standard InChI is InChI=1S/C13H27NO/c1-5-13(4,10-15)9-14-7-6-12(8-14)11(2)3/h11-12,15H,5-10H2,1-4H3. The van der Waals surface area contributed by atoms with Crippen LogP contribution in [0.1, 0.15) is 40.5 Å². The Morgan fingerprint density at radius 1 is 1.47 bits per heavy atom. The van der Waals surface area contributed by atoms with Crippen molar-refractivity contribution in [1.82, 2.24) is 4.90 Å². The van der Waals surface area contributed by atoms with Gasteiger partial charge in [0.2, 0.25) is 0 Å². The highest BCUT2D eigenvalue weighted by Crippen LogP contribution is 2.28. The molecule has 2 heteroatoms. The predicted molar refractivity (Wildman–Crippen MR) is 64.9 cm³/mol. The van der Waals surface area contributed by atoms with E-state index < -0.39 is 0 Å². The van der Waals surface area contributed by atoms with Crippen molar-refractivity contribution in [3.8, 4) is 0 Å². The third-order valence-corrected chi connectivity index (χ3v) is 4.09. The molecule has 0 saturated carbocycles. The van der Waals surface area contributed by atoms with Crippen LogP contribution in [-0.4, -0.2) is 36.2 Å². The average molecular weight is 213 g/mol. The summed E-state index contributed by atoms with van der Waals surface area (Å²) in [5.74, 6) is 1.67. The van der Waals surface area contributed by atoms with Gasteiger partial charge in [0.15, 0.2) is 0 Å². The van der Waals surface area contributed by atoms with E-state index in [1.165, 1.54) is 19.5 Å². The summed E-state index contributed by atoms with van der Waals surface area (Å²) in [6, 6.07) is 0. The van der Waals surface area contributed by atoms with Gasteiger partial charge in [-0.2, -0.15) is 0 Å². The van der Waals surface area contributed by atoms with Crippen molar-refractivity contribution >= 4 is 0 Å². The molecule has 0 amide bonds. The normalized spacial score (nSPS) is 27.2. The van der Waals surface area contributed by atoms with E-state index in [-0.39, 0.29) is 5.41 Å². The molecule has 1 aliphatic heterocycles. The molecule has 15 heavy (non-hydrogen) atoms. The Morgan fingerprint density at radius 3 is 2.53 bits per heavy atom. The molecule has 0 bridgehead atoms. The van der Waals surface area contributed by atoms with Gasteiger partial charge in [-0.25, -0.2) is 0 Å². The third-order valence-electron chi connectivity index (χ3n) is 4.09. The minimum absolute atomic E-state index is 0.103. The first-order valence-corrected chi connectivity index (χ1v) is 6.34. The summed E-state index contributed by atoms with van der Waals surface area (Å²) in [5, 5.41) is 9.39. The van der Waals surface area contributed by atoms with E-state index in [1.807, 2.05) is 0 Å². The predicted octanol–water partition coefficient (Wildman–Crippen LogP) is 2.37. The van der Waals surface area contributed by atoms with Crippen molar-refractivity contribution in [1.29, 1.82) is 0 Å². The van der Waals surface area contributed by atoms with Gasteiger partial charge >= 0.3 is 0 Å². The Hall–Kier alpha value is -0.0800. The minimum atomic E-state index is 0.103. The van der Waals surface area contributed by atoms with Crippen LogP contribution < -0.4 is 0 Å². The number of nitrogens with zero attached hydrogens (tertiary/aromatic N) is 1. The Morgan fingerprint density at radius 2 is 2.13 bits per heavy atom. The second-order valence-corrected chi connectivity index (χ2v) is 5.85. The average Bonchev–Trinajstić information content (AvgIpc) is 2.66. The Bertz CT molecular complexity index is 187. The van der Waals surface area contributed by atoms with Crippen LogP contribution in [0.15, 0.2) is 0 Å². The fraction of sp³-hybridized carbons (Fsp3) is 1.00. The van der Waals surface area contributed by atoms with Gasteiger partial charge in [-0.05, 0) is 31.2 Å². The number of hydrogen-bond acceptors (Lipinski definition) is 2. The largest absolute Gasteiger partial charge is 0.396 e. The zero-order valence-corrected chi connectivity index (χ0v) is 10.8. The van der Waals surface area contributed by atoms with Gasteiger partial charge in [-0.3, -0.25) is 0 Å². The monoisotopic (exact) mass is 213 g/mol. The summed E-state index contributed by atoms with van der Waals surface area (Å²) in [6.45, 7) is 12.8. The molecule has 90 valence electrons. The molecule has 1 fully saturated rings. The number of rotatable bonds is 5. The molecule has 1 N–H and O–H groups in total. The topological polar surface area (TPSA) is 23.5 Å². The lowest BCUT2D eigenvalue weighted by atomic mass is 9.88. The summed E-state index contributed by atoms with van der Waals surface area (Å²) in [6.07, 6.45) is 2.40. The SMILES string of the molecule is CCC(C)(CO)CN1CCC(C(C)C)C1. The highest BCUT2D eigenvalue weighted by Gasteiger charge is 2.30. The van der Waals surface area contributed by atoms with Crippen molar-refractivity contribution in [3.05, 3.63) is 0 Å². The molecule has 1 heterocycles. The number of hydrogen-bond donors (Lipinski definition) is 1. The second-order valence-electron chi connectivity index (χ2n) is 5.85. The lowest BCUT2D eigenvalue weighted by Gasteiger charge is -2.31. The number of aliphatic hydroxyl groups is 1. The molecule has 0 spiro atoms. The maximum Gasteiger partial charge on any atom is 0.0496 e. The van der Waals surface area contributed by atoms with Crippen molar-refractivity contribution in [2.24, 2.45) is 17.3 Å². The number of aliphatic hydroxyl groups excluding tert-OH is 1. The molecule has 0 aromatic heterocycles. The summed E-state index contributed by atoms with van der Waals surface area (Å²) in [4.78, 5) is 2.53. The summed E-state index contributed by atoms with van der Waals surface area (Å²) < 4.78 is 0. The summed E-state index contributed by atoms with van der Waals surface area (Å²) in [5.41, 5.74) is 0.103. The highest BCUT2D eigenvalue weighted by molar-refractivity contribution is 4.83. The van der Waals surface area contributed by atoms with Crippen LogP contribution in [0.3, 0.4) is 0 Å². The van der Waals surface area contributed by atoms with Crippen LogP contribution in [-0.2, 0) is 0 Å². The summed E-state index contributed by atoms with van der Waals surface area (Å²) >= 11 is 0. The van der Waals surface area contributed by atoms with Gasteiger partial charge in [-0.1, -0.05) is 27.7 Å². The van der Waals surface area contributed by atoms with Gasteiger partial charge in [0.05, 0.1) is 0 Å². The van der Waals surface area contributed by atoms with Crippen LogP contribution >= 0.6 is 0 Å². The van der Waals surface area contributed by atoms with Gasteiger partial charge in [-0.15, -0.1) is 0 Å². The fourth-order valence-corrected chi connectivity index (χ4v) is 2.36. The summed E-state index contributed by atoms with van der Waals surface area (Å²) in [7, 11) is 0. The van der Waals surface area contributed by atoms with Crippen molar-refractivity contribution < 1.29 is 5.11 Å². The molecule has 1 aliphatic rings. The molecular weight excluding hydrogens is 186 g/mol. The molecule has 0 radical (unpaired) electrons. The van der Waals surface area contributed by atoms with Gasteiger partial charge in [0.25, 0.3) is 0 Å². The first-order chi connectivity index (χ1) is 7.00. The van der Waals surface area contributed by atoms with Gasteiger partial charge in [0, 0.05) is 25.1 Å². The van der Waals surface area contributed by atoms with Crippen LogP contribution in [0.5, 0.6) is 0 Å². The third kappa shape index (κ3) is 3.46. The van der Waals surface area contributed by atoms with Crippen molar-refractivity contribution in [2.45, 2.75) is 40.5 Å². The van der Waals surface area contributed by atoms with Crippen LogP contribution in [0, 0.1) is 17.3 Å². The first kappa shape index (κ1) is 13.0. The van der Waals surface area contributed by atoms with E-state index in [0.29, 0.717) is 6.61 Å². The molecule has 2 nitrogen and oxygen atoms in total. The van der Waals surface area contributed by atoms with Gasteiger partial charge < -0.3 is 10.0 Å². The van der Waals surface area contributed by atoms with Crippen molar-refractivity contribution in [2.75, 3.05) is 26.2 Å². The zero-order chi connectivity index (χ0) is 11.5. The Labute approximate surface area is 94.7 Å².